The second-order valence-corrected chi connectivity index (χ2v) is 9.21. The first kappa shape index (κ1) is 20.3. The van der Waals surface area contributed by atoms with Crippen LogP contribution in [0.25, 0.3) is 11.1 Å². The van der Waals surface area contributed by atoms with Gasteiger partial charge in [0.1, 0.15) is 5.52 Å². The van der Waals surface area contributed by atoms with Gasteiger partial charge in [0, 0.05) is 51.1 Å². The zero-order valence-electron chi connectivity index (χ0n) is 18.2. The molecule has 7 nitrogen and oxygen atoms in total. The second-order valence-electron chi connectivity index (χ2n) is 9.21. The van der Waals surface area contributed by atoms with Crippen LogP contribution in [0.5, 0.6) is 0 Å². The number of hydrogen-bond donors (Lipinski definition) is 0. The molecule has 3 saturated heterocycles. The van der Waals surface area contributed by atoms with E-state index in [2.05, 4.69) is 9.88 Å². The number of aromatic nitrogens is 1. The average molecular weight is 425 g/mol. The van der Waals surface area contributed by atoms with E-state index in [1.165, 1.54) is 6.42 Å². The minimum Gasteiger partial charge on any atom is -0.423 e. The molecule has 3 fully saturated rings. The zero-order chi connectivity index (χ0) is 21.2. The van der Waals surface area contributed by atoms with E-state index in [9.17, 15) is 9.59 Å². The Labute approximate surface area is 183 Å². The Hall–Kier alpha value is -2.57. The van der Waals surface area contributed by atoms with Crippen LogP contribution in [0.1, 0.15) is 44.9 Å². The molecule has 4 heterocycles. The average Bonchev–Trinajstić information content (AvgIpc) is 3.28. The molecule has 0 saturated carbocycles. The van der Waals surface area contributed by atoms with E-state index in [1.807, 2.05) is 34.1 Å². The molecule has 0 N–H and O–H groups in total. The Balaban J connectivity index is 1.11. The highest BCUT2D eigenvalue weighted by Gasteiger charge is 2.34. The third-order valence-corrected chi connectivity index (χ3v) is 7.22. The molecule has 0 atom stereocenters. The van der Waals surface area contributed by atoms with Crippen LogP contribution in [0.2, 0.25) is 0 Å². The summed E-state index contributed by atoms with van der Waals surface area (Å²) in [6, 6.07) is 8.46. The van der Waals surface area contributed by atoms with Crippen molar-refractivity contribution in [2.75, 3.05) is 44.2 Å². The van der Waals surface area contributed by atoms with Gasteiger partial charge in [-0.15, -0.1) is 0 Å². The fourth-order valence-electron chi connectivity index (χ4n) is 5.29. The van der Waals surface area contributed by atoms with E-state index in [0.717, 1.165) is 75.8 Å². The largest absolute Gasteiger partial charge is 0.423 e. The van der Waals surface area contributed by atoms with Crippen LogP contribution in [0.3, 0.4) is 0 Å². The molecular formula is C24H32N4O3. The van der Waals surface area contributed by atoms with Gasteiger partial charge in [0.15, 0.2) is 5.58 Å². The van der Waals surface area contributed by atoms with Crippen LogP contribution in [0.4, 0.5) is 6.01 Å². The van der Waals surface area contributed by atoms with Gasteiger partial charge in [0.25, 0.3) is 6.01 Å². The number of amides is 2. The summed E-state index contributed by atoms with van der Waals surface area (Å²) in [4.78, 5) is 36.6. The van der Waals surface area contributed by atoms with Gasteiger partial charge in [-0.1, -0.05) is 12.1 Å². The molecular weight excluding hydrogens is 392 g/mol. The maximum atomic E-state index is 13.1. The van der Waals surface area contributed by atoms with Crippen molar-refractivity contribution in [1.82, 2.24) is 14.8 Å². The number of rotatable bonds is 3. The quantitative estimate of drug-likeness (QED) is 0.756. The summed E-state index contributed by atoms with van der Waals surface area (Å²) in [5.74, 6) is 0.748. The molecule has 0 aliphatic carbocycles. The number of nitrogens with zero attached hydrogens (tertiary/aromatic N) is 4. The zero-order valence-corrected chi connectivity index (χ0v) is 18.2. The third-order valence-electron chi connectivity index (χ3n) is 7.22. The number of carbonyl (C=O) groups is 2. The van der Waals surface area contributed by atoms with Gasteiger partial charge in [-0.3, -0.25) is 9.59 Å². The standard InChI is InChI=1S/C24H32N4O3/c29-22(26-12-4-1-5-13-26)18-8-14-27(15-9-18)23(30)19-10-16-28(17-11-19)24-25-20-6-2-3-7-21(20)31-24/h2-3,6-7,18-19H,1,4-5,8-17H2. The van der Waals surface area contributed by atoms with Crippen molar-refractivity contribution in [1.29, 1.82) is 0 Å². The number of para-hydroxylation sites is 2. The van der Waals surface area contributed by atoms with E-state index in [0.29, 0.717) is 25.0 Å². The molecule has 1 aromatic heterocycles. The molecule has 5 rings (SSSR count). The van der Waals surface area contributed by atoms with Gasteiger partial charge in [0.05, 0.1) is 0 Å². The van der Waals surface area contributed by atoms with E-state index in [-0.39, 0.29) is 17.7 Å². The number of oxazole rings is 1. The van der Waals surface area contributed by atoms with Crippen LogP contribution in [-0.4, -0.2) is 65.9 Å². The summed E-state index contributed by atoms with van der Waals surface area (Å²) in [6.45, 7) is 4.83. The molecule has 3 aliphatic rings. The summed E-state index contributed by atoms with van der Waals surface area (Å²) in [5, 5.41) is 0. The van der Waals surface area contributed by atoms with Crippen LogP contribution < -0.4 is 4.90 Å². The Morgan fingerprint density at radius 2 is 1.35 bits per heavy atom. The lowest BCUT2D eigenvalue weighted by atomic mass is 9.91. The molecule has 31 heavy (non-hydrogen) atoms. The van der Waals surface area contributed by atoms with E-state index in [4.69, 9.17) is 4.42 Å². The number of fused-ring (bicyclic) bond motifs is 1. The molecule has 0 spiro atoms. The summed E-state index contributed by atoms with van der Waals surface area (Å²) >= 11 is 0. The summed E-state index contributed by atoms with van der Waals surface area (Å²) < 4.78 is 5.89. The van der Waals surface area contributed by atoms with Crippen molar-refractivity contribution < 1.29 is 14.0 Å². The van der Waals surface area contributed by atoms with Crippen LogP contribution in [0.15, 0.2) is 28.7 Å². The third kappa shape index (κ3) is 4.27. The SMILES string of the molecule is O=C(C1CCN(C(=O)C2CCN(c3nc4ccccc4o3)CC2)CC1)N1CCCCC1. The first-order valence-electron chi connectivity index (χ1n) is 11.9. The smallest absolute Gasteiger partial charge is 0.298 e. The van der Waals surface area contributed by atoms with Crippen LogP contribution in [0, 0.1) is 11.8 Å². The second kappa shape index (κ2) is 8.89. The van der Waals surface area contributed by atoms with E-state index < -0.39 is 0 Å². The van der Waals surface area contributed by atoms with Gasteiger partial charge in [0.2, 0.25) is 11.8 Å². The maximum Gasteiger partial charge on any atom is 0.298 e. The Morgan fingerprint density at radius 1 is 0.774 bits per heavy atom. The topological polar surface area (TPSA) is 69.9 Å². The normalized spacial score (nSPS) is 21.6. The van der Waals surface area contributed by atoms with Crippen molar-refractivity contribution in [3.63, 3.8) is 0 Å². The molecule has 0 unspecified atom stereocenters. The molecule has 2 aromatic rings. The number of benzene rings is 1. The lowest BCUT2D eigenvalue weighted by molar-refractivity contribution is -0.143. The number of hydrogen-bond acceptors (Lipinski definition) is 5. The fraction of sp³-hybridized carbons (Fsp3) is 0.625. The summed E-state index contributed by atoms with van der Waals surface area (Å²) in [5.41, 5.74) is 1.68. The van der Waals surface area contributed by atoms with Gasteiger partial charge in [-0.25, -0.2) is 0 Å². The van der Waals surface area contributed by atoms with Gasteiger partial charge in [-0.2, -0.15) is 4.98 Å². The van der Waals surface area contributed by atoms with Crippen LogP contribution in [-0.2, 0) is 9.59 Å². The van der Waals surface area contributed by atoms with Crippen molar-refractivity contribution >= 4 is 28.9 Å². The first-order chi connectivity index (χ1) is 15.2. The minimum atomic E-state index is 0.0648. The fourth-order valence-corrected chi connectivity index (χ4v) is 5.29. The molecule has 7 heteroatoms. The molecule has 1 aromatic carbocycles. The summed E-state index contributed by atoms with van der Waals surface area (Å²) in [7, 11) is 0. The number of carbonyl (C=O) groups excluding carboxylic acids is 2. The van der Waals surface area contributed by atoms with Crippen molar-refractivity contribution in [2.45, 2.75) is 44.9 Å². The van der Waals surface area contributed by atoms with E-state index in [1.54, 1.807) is 0 Å². The Bertz CT molecular complexity index is 887. The van der Waals surface area contributed by atoms with Gasteiger partial charge in [-0.05, 0) is 57.1 Å². The minimum absolute atomic E-state index is 0.0648. The number of piperidine rings is 3. The van der Waals surface area contributed by atoms with E-state index >= 15 is 0 Å². The van der Waals surface area contributed by atoms with Gasteiger partial charge >= 0.3 is 0 Å². The summed E-state index contributed by atoms with van der Waals surface area (Å²) in [6.07, 6.45) is 6.76. The molecule has 3 aliphatic heterocycles. The number of likely N-dealkylation sites (tertiary alicyclic amines) is 2. The number of anilines is 1. The highest BCUT2D eigenvalue weighted by Crippen LogP contribution is 2.29. The van der Waals surface area contributed by atoms with Gasteiger partial charge < -0.3 is 19.1 Å². The lowest BCUT2D eigenvalue weighted by Crippen LogP contribution is -2.48. The predicted molar refractivity (Wildman–Crippen MR) is 119 cm³/mol. The molecule has 0 radical (unpaired) electrons. The van der Waals surface area contributed by atoms with Crippen molar-refractivity contribution in [3.8, 4) is 0 Å². The van der Waals surface area contributed by atoms with Crippen LogP contribution >= 0.6 is 0 Å². The first-order valence-corrected chi connectivity index (χ1v) is 11.9. The molecule has 0 bridgehead atoms. The molecule has 166 valence electrons. The highest BCUT2D eigenvalue weighted by molar-refractivity contribution is 5.81. The highest BCUT2D eigenvalue weighted by atomic mass is 16.4. The van der Waals surface area contributed by atoms with Crippen molar-refractivity contribution in [3.05, 3.63) is 24.3 Å². The lowest BCUT2D eigenvalue weighted by Gasteiger charge is -2.38. The monoisotopic (exact) mass is 424 g/mol. The van der Waals surface area contributed by atoms with Crippen molar-refractivity contribution in [2.24, 2.45) is 11.8 Å². The Morgan fingerprint density at radius 3 is 2.00 bits per heavy atom. The molecule has 2 amide bonds. The predicted octanol–water partition coefficient (Wildman–Crippen LogP) is 3.30. The Kier molecular flexibility index (Phi) is 5.83. The maximum absolute atomic E-state index is 13.1.